The number of nitrogens with zero attached hydrogens (tertiary/aromatic N) is 4. The second-order valence-corrected chi connectivity index (χ2v) is 9.54. The lowest BCUT2D eigenvalue weighted by Crippen LogP contribution is -2.48. The zero-order valence-corrected chi connectivity index (χ0v) is 21.4. The van der Waals surface area contributed by atoms with Crippen LogP contribution in [0.25, 0.3) is 10.9 Å². The number of pyridine rings is 1. The van der Waals surface area contributed by atoms with Crippen molar-refractivity contribution in [3.05, 3.63) is 99.1 Å². The summed E-state index contributed by atoms with van der Waals surface area (Å²) >= 11 is 3.44. The molecule has 37 heavy (non-hydrogen) atoms. The molecule has 10 heteroatoms. The van der Waals surface area contributed by atoms with Crippen LogP contribution in [0, 0.1) is 10.1 Å². The van der Waals surface area contributed by atoms with Crippen molar-refractivity contribution in [1.29, 1.82) is 0 Å². The average molecular weight is 562 g/mol. The number of carbonyl (C=O) groups is 1. The molecule has 1 aliphatic heterocycles. The molecule has 0 saturated carbocycles. The molecule has 0 aliphatic carbocycles. The van der Waals surface area contributed by atoms with Crippen molar-refractivity contribution >= 4 is 55.7 Å². The Balaban J connectivity index is 1.23. The number of carbonyl (C=O) groups excluding carboxylic acids is 1. The number of anilines is 3. The van der Waals surface area contributed by atoms with Gasteiger partial charge in [-0.15, -0.1) is 0 Å². The lowest BCUT2D eigenvalue weighted by atomic mass is 10.1. The Morgan fingerprint density at radius 3 is 2.46 bits per heavy atom. The fraction of sp³-hybridized carbons (Fsp3) is 0.185. The van der Waals surface area contributed by atoms with Crippen molar-refractivity contribution in [3.8, 4) is 0 Å². The predicted molar refractivity (Wildman–Crippen MR) is 146 cm³/mol. The maximum Gasteiger partial charge on any atom is 0.410 e. The minimum atomic E-state index is -0.436. The number of piperazine rings is 1. The Bertz CT molecular complexity index is 1420. The molecular weight excluding hydrogens is 538 g/mol. The minimum absolute atomic E-state index is 0.0926. The number of halogens is 1. The van der Waals surface area contributed by atoms with E-state index in [0.717, 1.165) is 21.4 Å². The third-order valence-electron chi connectivity index (χ3n) is 6.25. The lowest BCUT2D eigenvalue weighted by molar-refractivity contribution is -0.384. The first-order valence-corrected chi connectivity index (χ1v) is 12.6. The summed E-state index contributed by atoms with van der Waals surface area (Å²) in [6.07, 6.45) is 0.970. The standard InChI is InChI=1S/C27H24BrN5O4/c28-20-6-11-24-23(16-20)26(25(17-29-24)33(35)36)30-21-7-9-22(10-8-21)31-12-14-32(15-13-31)27(34)37-18-19-4-2-1-3-5-19/h1-11,16-17H,12-15,18H2,(H,29,30). The van der Waals surface area contributed by atoms with Gasteiger partial charge in [-0.25, -0.2) is 9.78 Å². The molecule has 188 valence electrons. The van der Waals surface area contributed by atoms with E-state index in [1.165, 1.54) is 6.20 Å². The van der Waals surface area contributed by atoms with E-state index in [-0.39, 0.29) is 18.4 Å². The molecule has 0 spiro atoms. The normalized spacial score (nSPS) is 13.4. The first kappa shape index (κ1) is 24.5. The second kappa shape index (κ2) is 10.8. The molecule has 0 radical (unpaired) electrons. The Kier molecular flexibility index (Phi) is 7.18. The molecule has 1 aliphatic rings. The number of amides is 1. The van der Waals surface area contributed by atoms with Crippen LogP contribution in [0.2, 0.25) is 0 Å². The number of hydrogen-bond donors (Lipinski definition) is 1. The summed E-state index contributed by atoms with van der Waals surface area (Å²) in [4.78, 5) is 31.8. The van der Waals surface area contributed by atoms with Gasteiger partial charge < -0.3 is 19.9 Å². The number of rotatable bonds is 6. The zero-order valence-electron chi connectivity index (χ0n) is 19.8. The van der Waals surface area contributed by atoms with Crippen LogP contribution in [0.1, 0.15) is 5.56 Å². The molecule has 1 fully saturated rings. The number of hydrogen-bond acceptors (Lipinski definition) is 7. The molecule has 0 atom stereocenters. The van der Waals surface area contributed by atoms with Crippen LogP contribution in [0.3, 0.4) is 0 Å². The van der Waals surface area contributed by atoms with Gasteiger partial charge in [-0.3, -0.25) is 10.1 Å². The van der Waals surface area contributed by atoms with Crippen molar-refractivity contribution < 1.29 is 14.5 Å². The highest BCUT2D eigenvalue weighted by Gasteiger charge is 2.23. The molecule has 0 unspecified atom stereocenters. The van der Waals surface area contributed by atoms with Crippen molar-refractivity contribution in [3.63, 3.8) is 0 Å². The smallest absolute Gasteiger partial charge is 0.410 e. The first-order chi connectivity index (χ1) is 18.0. The van der Waals surface area contributed by atoms with Crippen LogP contribution in [-0.2, 0) is 11.3 Å². The quantitative estimate of drug-likeness (QED) is 0.224. The monoisotopic (exact) mass is 561 g/mol. The number of nitrogens with one attached hydrogen (secondary N) is 1. The topological polar surface area (TPSA) is 101 Å². The van der Waals surface area contributed by atoms with Crippen LogP contribution in [0.5, 0.6) is 0 Å². The fourth-order valence-electron chi connectivity index (χ4n) is 4.28. The summed E-state index contributed by atoms with van der Waals surface area (Å²) in [7, 11) is 0. The number of ether oxygens (including phenoxy) is 1. The van der Waals surface area contributed by atoms with E-state index in [9.17, 15) is 14.9 Å². The van der Waals surface area contributed by atoms with Crippen LogP contribution in [-0.4, -0.2) is 47.1 Å². The second-order valence-electron chi connectivity index (χ2n) is 8.62. The Morgan fingerprint density at radius 1 is 1.03 bits per heavy atom. The summed E-state index contributed by atoms with van der Waals surface area (Å²) in [5, 5.41) is 15.5. The van der Waals surface area contributed by atoms with E-state index in [1.807, 2.05) is 72.8 Å². The van der Waals surface area contributed by atoms with Crippen molar-refractivity contribution in [1.82, 2.24) is 9.88 Å². The molecule has 0 bridgehead atoms. The van der Waals surface area contributed by atoms with Crippen LogP contribution >= 0.6 is 15.9 Å². The summed E-state index contributed by atoms with van der Waals surface area (Å²) in [6, 6.07) is 22.8. The van der Waals surface area contributed by atoms with Crippen LogP contribution < -0.4 is 10.2 Å². The van der Waals surface area contributed by atoms with Gasteiger partial charge in [-0.05, 0) is 48.0 Å². The van der Waals surface area contributed by atoms with Gasteiger partial charge in [0.05, 0.1) is 10.4 Å². The van der Waals surface area contributed by atoms with E-state index in [2.05, 4.69) is 31.1 Å². The lowest BCUT2D eigenvalue weighted by Gasteiger charge is -2.35. The molecule has 1 aromatic heterocycles. The Hall–Kier alpha value is -4.18. The highest BCUT2D eigenvalue weighted by Crippen LogP contribution is 2.35. The fourth-order valence-corrected chi connectivity index (χ4v) is 4.64. The highest BCUT2D eigenvalue weighted by molar-refractivity contribution is 9.10. The van der Waals surface area contributed by atoms with E-state index < -0.39 is 4.92 Å². The molecule has 5 rings (SSSR count). The van der Waals surface area contributed by atoms with Gasteiger partial charge in [0.1, 0.15) is 18.5 Å². The first-order valence-electron chi connectivity index (χ1n) is 11.8. The predicted octanol–water partition coefficient (Wildman–Crippen LogP) is 6.11. The number of aromatic nitrogens is 1. The highest BCUT2D eigenvalue weighted by atomic mass is 79.9. The maximum absolute atomic E-state index is 12.4. The third kappa shape index (κ3) is 5.64. The van der Waals surface area contributed by atoms with Gasteiger partial charge in [0.15, 0.2) is 0 Å². The van der Waals surface area contributed by atoms with Crippen molar-refractivity contribution in [2.75, 3.05) is 36.4 Å². The summed E-state index contributed by atoms with van der Waals surface area (Å²) in [5.41, 5.74) is 3.66. The molecule has 4 aromatic rings. The third-order valence-corrected chi connectivity index (χ3v) is 6.74. The van der Waals surface area contributed by atoms with Crippen molar-refractivity contribution in [2.24, 2.45) is 0 Å². The molecule has 3 aromatic carbocycles. The summed E-state index contributed by atoms with van der Waals surface area (Å²) in [5.74, 6) is 0. The molecule has 2 heterocycles. The molecule has 1 N–H and O–H groups in total. The summed E-state index contributed by atoms with van der Waals surface area (Å²) < 4.78 is 6.26. The number of benzene rings is 3. The van der Waals surface area contributed by atoms with E-state index in [1.54, 1.807) is 4.90 Å². The average Bonchev–Trinajstić information content (AvgIpc) is 2.93. The molecule has 1 amide bonds. The van der Waals surface area contributed by atoms with Gasteiger partial charge in [0.2, 0.25) is 0 Å². The van der Waals surface area contributed by atoms with E-state index in [0.29, 0.717) is 42.8 Å². The zero-order chi connectivity index (χ0) is 25.8. The largest absolute Gasteiger partial charge is 0.445 e. The number of nitro groups is 1. The van der Waals surface area contributed by atoms with Crippen LogP contribution in [0.4, 0.5) is 27.5 Å². The van der Waals surface area contributed by atoms with E-state index >= 15 is 0 Å². The van der Waals surface area contributed by atoms with Gasteiger partial charge in [-0.2, -0.15) is 0 Å². The molecular formula is C27H24BrN5O4. The number of fused-ring (bicyclic) bond motifs is 1. The SMILES string of the molecule is O=C(OCc1ccccc1)N1CCN(c2ccc(Nc3c([N+](=O)[O-])cnc4ccc(Br)cc34)cc2)CC1. The van der Waals surface area contributed by atoms with Crippen molar-refractivity contribution in [2.45, 2.75) is 6.61 Å². The minimum Gasteiger partial charge on any atom is -0.445 e. The van der Waals surface area contributed by atoms with Gasteiger partial charge >= 0.3 is 11.8 Å². The van der Waals surface area contributed by atoms with Gasteiger partial charge in [0.25, 0.3) is 0 Å². The molecule has 1 saturated heterocycles. The molecule has 9 nitrogen and oxygen atoms in total. The summed E-state index contributed by atoms with van der Waals surface area (Å²) in [6.45, 7) is 2.76. The van der Waals surface area contributed by atoms with Crippen LogP contribution in [0.15, 0.2) is 83.5 Å². The van der Waals surface area contributed by atoms with Gasteiger partial charge in [0, 0.05) is 47.4 Å². The Morgan fingerprint density at radius 2 is 1.76 bits per heavy atom. The Labute approximate surface area is 221 Å². The maximum atomic E-state index is 12.4. The van der Waals surface area contributed by atoms with Gasteiger partial charge in [-0.1, -0.05) is 46.3 Å². The van der Waals surface area contributed by atoms with E-state index in [4.69, 9.17) is 4.74 Å².